The number of halogens is 3. The predicted octanol–water partition coefficient (Wildman–Crippen LogP) is 3.21. The van der Waals surface area contributed by atoms with Crippen molar-refractivity contribution in [3.05, 3.63) is 23.9 Å². The van der Waals surface area contributed by atoms with Crippen molar-refractivity contribution in [1.82, 2.24) is 9.29 Å². The molecule has 3 aliphatic rings. The second-order valence-corrected chi connectivity index (χ2v) is 11.3. The quantitative estimate of drug-likeness (QED) is 0.551. The standard InChI is InChI=1S/C20H27F3N4O3S/c1-18(2)14-5-6-19(18,16(11-14)25-28)13-31(29,30)27-9-7-26(8-10-27)17-4-3-15(12-24-17)20(21,22)23/h3-4,12,14,28H,5-11,13H2,1-2H3/b25-16-/t14-,19+/m1/s1. The summed E-state index contributed by atoms with van der Waals surface area (Å²) in [4.78, 5) is 5.69. The van der Waals surface area contributed by atoms with E-state index in [0.29, 0.717) is 43.4 Å². The molecule has 0 radical (unpaired) electrons. The molecule has 2 aliphatic carbocycles. The zero-order valence-electron chi connectivity index (χ0n) is 17.6. The first-order valence-corrected chi connectivity index (χ1v) is 12.0. The van der Waals surface area contributed by atoms with Crippen LogP contribution in [0.5, 0.6) is 0 Å². The SMILES string of the molecule is CC1(C)[C@@H]2CC[C@]1(CS(=O)(=O)N1CCN(c3ccc(C(F)(F)F)cn3)CC1)/C(=N\O)C2. The summed E-state index contributed by atoms with van der Waals surface area (Å²) < 4.78 is 66.2. The summed E-state index contributed by atoms with van der Waals surface area (Å²) in [5.74, 6) is 0.631. The Labute approximate surface area is 180 Å². The predicted molar refractivity (Wildman–Crippen MR) is 110 cm³/mol. The van der Waals surface area contributed by atoms with E-state index < -0.39 is 27.2 Å². The van der Waals surface area contributed by atoms with E-state index >= 15 is 0 Å². The molecule has 31 heavy (non-hydrogen) atoms. The minimum atomic E-state index is -4.44. The number of hydrogen-bond donors (Lipinski definition) is 1. The maximum Gasteiger partial charge on any atom is 0.417 e. The molecule has 1 aliphatic heterocycles. The van der Waals surface area contributed by atoms with Crippen LogP contribution in [-0.4, -0.2) is 60.6 Å². The third-order valence-electron chi connectivity index (χ3n) is 7.75. The first-order chi connectivity index (χ1) is 14.4. The Morgan fingerprint density at radius 2 is 1.90 bits per heavy atom. The van der Waals surface area contributed by atoms with Crippen molar-refractivity contribution < 1.29 is 26.8 Å². The Hall–Kier alpha value is -1.88. The van der Waals surface area contributed by atoms with Crippen LogP contribution in [0.3, 0.4) is 0 Å². The lowest BCUT2D eigenvalue weighted by Crippen LogP contribution is -2.53. The van der Waals surface area contributed by atoms with Gasteiger partial charge < -0.3 is 10.1 Å². The van der Waals surface area contributed by atoms with E-state index in [1.54, 1.807) is 4.90 Å². The highest BCUT2D eigenvalue weighted by Crippen LogP contribution is 2.64. The lowest BCUT2D eigenvalue weighted by atomic mass is 9.70. The number of hydrogen-bond acceptors (Lipinski definition) is 6. The van der Waals surface area contributed by atoms with Gasteiger partial charge in [-0.15, -0.1) is 0 Å². The molecule has 2 bridgehead atoms. The molecule has 1 aromatic rings. The molecule has 2 heterocycles. The van der Waals surface area contributed by atoms with E-state index in [0.717, 1.165) is 18.7 Å². The Kier molecular flexibility index (Phi) is 5.28. The number of alkyl halides is 3. The van der Waals surface area contributed by atoms with Gasteiger partial charge in [-0.2, -0.15) is 17.5 Å². The number of aromatic nitrogens is 1. The largest absolute Gasteiger partial charge is 0.417 e. The molecule has 3 fully saturated rings. The average molecular weight is 461 g/mol. The van der Waals surface area contributed by atoms with Crippen LogP contribution in [0.4, 0.5) is 19.0 Å². The third-order valence-corrected chi connectivity index (χ3v) is 9.76. The van der Waals surface area contributed by atoms with Crippen LogP contribution in [0.1, 0.15) is 38.7 Å². The highest BCUT2D eigenvalue weighted by Gasteiger charge is 2.64. The minimum absolute atomic E-state index is 0.0819. The maximum absolute atomic E-state index is 13.3. The molecule has 0 aromatic carbocycles. The van der Waals surface area contributed by atoms with Crippen molar-refractivity contribution in [2.75, 3.05) is 36.8 Å². The van der Waals surface area contributed by atoms with Gasteiger partial charge in [0.15, 0.2) is 0 Å². The van der Waals surface area contributed by atoms with E-state index in [4.69, 9.17) is 0 Å². The number of rotatable bonds is 4. The molecule has 1 saturated heterocycles. The number of pyridine rings is 1. The number of sulfonamides is 1. The molecule has 0 unspecified atom stereocenters. The van der Waals surface area contributed by atoms with Gasteiger partial charge in [-0.25, -0.2) is 13.4 Å². The maximum atomic E-state index is 13.3. The molecule has 1 N–H and O–H groups in total. The third kappa shape index (κ3) is 3.59. The van der Waals surface area contributed by atoms with Crippen LogP contribution < -0.4 is 4.90 Å². The van der Waals surface area contributed by atoms with E-state index in [1.807, 2.05) is 0 Å². The highest BCUT2D eigenvalue weighted by molar-refractivity contribution is 7.89. The lowest BCUT2D eigenvalue weighted by molar-refractivity contribution is -0.137. The molecule has 4 rings (SSSR count). The van der Waals surface area contributed by atoms with Crippen molar-refractivity contribution in [3.8, 4) is 0 Å². The first-order valence-electron chi connectivity index (χ1n) is 10.4. The van der Waals surface area contributed by atoms with Crippen molar-refractivity contribution in [3.63, 3.8) is 0 Å². The Morgan fingerprint density at radius 1 is 1.23 bits per heavy atom. The first kappa shape index (κ1) is 22.3. The summed E-state index contributed by atoms with van der Waals surface area (Å²) in [6, 6.07) is 2.30. The molecule has 7 nitrogen and oxygen atoms in total. The van der Waals surface area contributed by atoms with Gasteiger partial charge in [0.25, 0.3) is 0 Å². The highest BCUT2D eigenvalue weighted by atomic mass is 32.2. The Balaban J connectivity index is 1.45. The van der Waals surface area contributed by atoms with Gasteiger partial charge in [-0.1, -0.05) is 19.0 Å². The Morgan fingerprint density at radius 3 is 2.42 bits per heavy atom. The van der Waals surface area contributed by atoms with Crippen molar-refractivity contribution in [1.29, 1.82) is 0 Å². The molecule has 2 saturated carbocycles. The summed E-state index contributed by atoms with van der Waals surface area (Å²) in [7, 11) is -3.61. The van der Waals surface area contributed by atoms with Gasteiger partial charge >= 0.3 is 6.18 Å². The monoisotopic (exact) mass is 460 g/mol. The second-order valence-electron chi connectivity index (χ2n) is 9.34. The summed E-state index contributed by atoms with van der Waals surface area (Å²) >= 11 is 0. The molecule has 11 heteroatoms. The van der Waals surface area contributed by atoms with Gasteiger partial charge in [0.1, 0.15) is 5.82 Å². The fourth-order valence-corrected chi connectivity index (χ4v) is 7.82. The topological polar surface area (TPSA) is 86.1 Å². The van der Waals surface area contributed by atoms with Crippen LogP contribution in [0, 0.1) is 16.7 Å². The number of piperazine rings is 1. The Bertz CT molecular complexity index is 970. The normalized spacial score (nSPS) is 30.3. The zero-order chi connectivity index (χ0) is 22.7. The van der Waals surface area contributed by atoms with Crippen LogP contribution in [0.15, 0.2) is 23.5 Å². The van der Waals surface area contributed by atoms with Gasteiger partial charge in [0, 0.05) is 37.8 Å². The van der Waals surface area contributed by atoms with Crippen LogP contribution >= 0.6 is 0 Å². The molecule has 0 spiro atoms. The molecule has 0 amide bonds. The van der Waals surface area contributed by atoms with E-state index in [2.05, 4.69) is 24.0 Å². The summed E-state index contributed by atoms with van der Waals surface area (Å²) in [5, 5.41) is 13.0. The summed E-state index contributed by atoms with van der Waals surface area (Å²) in [6.45, 7) is 5.28. The number of fused-ring (bicyclic) bond motifs is 2. The van der Waals surface area contributed by atoms with Gasteiger partial charge in [0.05, 0.1) is 17.0 Å². The minimum Gasteiger partial charge on any atom is -0.411 e. The van der Waals surface area contributed by atoms with Gasteiger partial charge in [0.2, 0.25) is 10.0 Å². The van der Waals surface area contributed by atoms with E-state index in [9.17, 15) is 26.8 Å². The number of nitrogens with zero attached hydrogens (tertiary/aromatic N) is 4. The second kappa shape index (κ2) is 7.33. The van der Waals surface area contributed by atoms with Gasteiger partial charge in [-0.3, -0.25) is 0 Å². The molecular weight excluding hydrogens is 433 g/mol. The average Bonchev–Trinajstić information content (AvgIpc) is 3.07. The molecule has 2 atom stereocenters. The number of oxime groups is 1. The van der Waals surface area contributed by atoms with Gasteiger partial charge in [-0.05, 0) is 42.7 Å². The summed E-state index contributed by atoms with van der Waals surface area (Å²) in [5.41, 5.74) is -1.14. The van der Waals surface area contributed by atoms with Crippen molar-refractivity contribution in [2.24, 2.45) is 21.9 Å². The molecule has 172 valence electrons. The van der Waals surface area contributed by atoms with Crippen molar-refractivity contribution >= 4 is 21.6 Å². The zero-order valence-corrected chi connectivity index (χ0v) is 18.4. The van der Waals surface area contributed by atoms with Crippen LogP contribution in [-0.2, 0) is 16.2 Å². The fraction of sp³-hybridized carbons (Fsp3) is 0.700. The lowest BCUT2D eigenvalue weighted by Gasteiger charge is -2.40. The van der Waals surface area contributed by atoms with E-state index in [1.165, 1.54) is 10.4 Å². The molecule has 1 aromatic heterocycles. The smallest absolute Gasteiger partial charge is 0.411 e. The van der Waals surface area contributed by atoms with Crippen LogP contribution in [0.25, 0.3) is 0 Å². The van der Waals surface area contributed by atoms with Crippen LogP contribution in [0.2, 0.25) is 0 Å². The summed E-state index contributed by atoms with van der Waals surface area (Å²) in [6.07, 6.45) is -1.40. The van der Waals surface area contributed by atoms with E-state index in [-0.39, 0.29) is 24.3 Å². The number of anilines is 1. The fourth-order valence-electron chi connectivity index (χ4n) is 5.61. The molecular formula is C20H27F3N4O3S. The van der Waals surface area contributed by atoms with Crippen molar-refractivity contribution in [2.45, 2.75) is 39.3 Å².